The van der Waals surface area contributed by atoms with Gasteiger partial charge in [-0.1, -0.05) is 0 Å². The molecule has 0 saturated heterocycles. The minimum atomic E-state index is -0.367. The van der Waals surface area contributed by atoms with Crippen molar-refractivity contribution in [2.45, 2.75) is 6.54 Å². The van der Waals surface area contributed by atoms with E-state index in [1.165, 1.54) is 18.2 Å². The van der Waals surface area contributed by atoms with Crippen LogP contribution in [0, 0.1) is 5.82 Å². The van der Waals surface area contributed by atoms with Gasteiger partial charge in [0.25, 0.3) is 5.91 Å². The summed E-state index contributed by atoms with van der Waals surface area (Å²) in [5.74, 6) is -0.510. The van der Waals surface area contributed by atoms with Gasteiger partial charge in [0.15, 0.2) is 0 Å². The predicted octanol–water partition coefficient (Wildman–Crippen LogP) is 4.68. The summed E-state index contributed by atoms with van der Waals surface area (Å²) in [5.41, 5.74) is 0.458. The van der Waals surface area contributed by atoms with Crippen molar-refractivity contribution >= 4 is 49.1 Å². The van der Waals surface area contributed by atoms with E-state index in [-0.39, 0.29) is 11.7 Å². The normalized spacial score (nSPS) is 10.5. The highest BCUT2D eigenvalue weighted by Crippen LogP contribution is 2.24. The Hall–Kier alpha value is -0.720. The Bertz CT molecular complexity index is 614. The molecule has 0 aliphatic carbocycles. The Balaban J connectivity index is 2.14. The molecule has 0 fully saturated rings. The Morgan fingerprint density at radius 3 is 2.63 bits per heavy atom. The van der Waals surface area contributed by atoms with Gasteiger partial charge in [-0.15, -0.1) is 11.3 Å². The van der Waals surface area contributed by atoms with Crippen LogP contribution in [0.3, 0.4) is 0 Å². The van der Waals surface area contributed by atoms with Crippen LogP contribution < -0.4 is 0 Å². The molecule has 0 unspecified atom stereocenters. The van der Waals surface area contributed by atoms with Gasteiger partial charge in [0.2, 0.25) is 0 Å². The van der Waals surface area contributed by atoms with Crippen molar-refractivity contribution in [3.05, 3.63) is 54.8 Å². The first kappa shape index (κ1) is 14.7. The molecule has 0 saturated carbocycles. The van der Waals surface area contributed by atoms with Gasteiger partial charge in [-0.05, 0) is 62.2 Å². The van der Waals surface area contributed by atoms with E-state index in [0.717, 1.165) is 8.66 Å². The second-order valence-electron chi connectivity index (χ2n) is 3.99. The molecule has 6 heteroatoms. The third-order valence-corrected chi connectivity index (χ3v) is 4.79. The van der Waals surface area contributed by atoms with E-state index < -0.39 is 0 Å². The molecular weight excluding hydrogens is 397 g/mol. The largest absolute Gasteiger partial charge is 0.337 e. The smallest absolute Gasteiger partial charge is 0.255 e. The molecule has 0 spiro atoms. The second-order valence-corrected chi connectivity index (χ2v) is 7.39. The van der Waals surface area contributed by atoms with Crippen molar-refractivity contribution in [2.75, 3.05) is 7.05 Å². The first-order valence-corrected chi connectivity index (χ1v) is 7.82. The molecular formula is C13H10Br2FNOS. The summed E-state index contributed by atoms with van der Waals surface area (Å²) in [6, 6.07) is 7.99. The summed E-state index contributed by atoms with van der Waals surface area (Å²) in [4.78, 5) is 14.9. The Morgan fingerprint density at radius 1 is 1.32 bits per heavy atom. The molecule has 0 aliphatic heterocycles. The molecule has 0 atom stereocenters. The van der Waals surface area contributed by atoms with Crippen molar-refractivity contribution in [3.63, 3.8) is 0 Å². The van der Waals surface area contributed by atoms with E-state index in [2.05, 4.69) is 31.9 Å². The number of halogens is 3. The van der Waals surface area contributed by atoms with Crippen LogP contribution in [0.5, 0.6) is 0 Å². The molecule has 0 radical (unpaired) electrons. The molecule has 1 aromatic carbocycles. The summed E-state index contributed by atoms with van der Waals surface area (Å²) >= 11 is 8.19. The van der Waals surface area contributed by atoms with Gasteiger partial charge in [0.1, 0.15) is 5.82 Å². The first-order valence-electron chi connectivity index (χ1n) is 5.42. The number of hydrogen-bond donors (Lipinski definition) is 0. The van der Waals surface area contributed by atoms with Gasteiger partial charge in [-0.3, -0.25) is 4.79 Å². The van der Waals surface area contributed by atoms with Crippen molar-refractivity contribution in [3.8, 4) is 0 Å². The minimum absolute atomic E-state index is 0.142. The van der Waals surface area contributed by atoms with E-state index >= 15 is 0 Å². The van der Waals surface area contributed by atoms with Gasteiger partial charge in [0, 0.05) is 16.4 Å². The maximum atomic E-state index is 13.0. The highest BCUT2D eigenvalue weighted by Gasteiger charge is 2.16. The fourth-order valence-electron chi connectivity index (χ4n) is 1.61. The van der Waals surface area contributed by atoms with Crippen molar-refractivity contribution in [2.24, 2.45) is 0 Å². The zero-order valence-electron chi connectivity index (χ0n) is 9.99. The van der Waals surface area contributed by atoms with E-state index in [1.807, 2.05) is 12.1 Å². The molecule has 100 valence electrons. The molecule has 1 amide bonds. The molecule has 1 aromatic heterocycles. The highest BCUT2D eigenvalue weighted by atomic mass is 79.9. The van der Waals surface area contributed by atoms with Crippen LogP contribution in [0.25, 0.3) is 0 Å². The Kier molecular flexibility index (Phi) is 4.76. The van der Waals surface area contributed by atoms with Crippen LogP contribution in [-0.2, 0) is 6.54 Å². The predicted molar refractivity (Wildman–Crippen MR) is 81.9 cm³/mol. The standard InChI is InChI=1S/C13H10Br2FNOS/c1-17(7-9-3-5-12(15)19-9)13(18)10-4-2-8(16)6-11(10)14/h2-6H,7H2,1H3. The van der Waals surface area contributed by atoms with Crippen LogP contribution in [0.1, 0.15) is 15.2 Å². The van der Waals surface area contributed by atoms with Gasteiger partial charge in [-0.2, -0.15) is 0 Å². The number of thiophene rings is 1. The maximum Gasteiger partial charge on any atom is 0.255 e. The molecule has 2 nitrogen and oxygen atoms in total. The third-order valence-electron chi connectivity index (χ3n) is 2.53. The lowest BCUT2D eigenvalue weighted by Gasteiger charge is -2.17. The van der Waals surface area contributed by atoms with Gasteiger partial charge in [-0.25, -0.2) is 4.39 Å². The molecule has 0 bridgehead atoms. The summed E-state index contributed by atoms with van der Waals surface area (Å²) in [6.07, 6.45) is 0. The van der Waals surface area contributed by atoms with E-state index in [9.17, 15) is 9.18 Å². The average molecular weight is 407 g/mol. The van der Waals surface area contributed by atoms with Crippen molar-refractivity contribution < 1.29 is 9.18 Å². The first-order chi connectivity index (χ1) is 8.97. The lowest BCUT2D eigenvalue weighted by molar-refractivity contribution is 0.0785. The molecule has 1 heterocycles. The average Bonchev–Trinajstić information content (AvgIpc) is 2.74. The molecule has 0 N–H and O–H groups in total. The number of amides is 1. The quantitative estimate of drug-likeness (QED) is 0.724. The Morgan fingerprint density at radius 2 is 2.05 bits per heavy atom. The molecule has 2 aromatic rings. The monoisotopic (exact) mass is 405 g/mol. The molecule has 19 heavy (non-hydrogen) atoms. The topological polar surface area (TPSA) is 20.3 Å². The van der Waals surface area contributed by atoms with Crippen LogP contribution in [0.2, 0.25) is 0 Å². The molecule has 0 aliphatic rings. The lowest BCUT2D eigenvalue weighted by Crippen LogP contribution is -2.26. The zero-order chi connectivity index (χ0) is 14.0. The van der Waals surface area contributed by atoms with Gasteiger partial charge < -0.3 is 4.90 Å². The van der Waals surface area contributed by atoms with E-state index in [0.29, 0.717) is 16.6 Å². The minimum Gasteiger partial charge on any atom is -0.337 e. The summed E-state index contributed by atoms with van der Waals surface area (Å²) in [7, 11) is 1.73. The number of nitrogens with zero attached hydrogens (tertiary/aromatic N) is 1. The van der Waals surface area contributed by atoms with E-state index in [4.69, 9.17) is 0 Å². The number of carbonyl (C=O) groups excluding carboxylic acids is 1. The summed E-state index contributed by atoms with van der Waals surface area (Å²) in [5, 5.41) is 0. The number of carbonyl (C=O) groups is 1. The van der Waals surface area contributed by atoms with Gasteiger partial charge >= 0.3 is 0 Å². The van der Waals surface area contributed by atoms with Crippen LogP contribution in [-0.4, -0.2) is 17.9 Å². The fraction of sp³-hybridized carbons (Fsp3) is 0.154. The summed E-state index contributed by atoms with van der Waals surface area (Å²) in [6.45, 7) is 0.527. The van der Waals surface area contributed by atoms with Crippen molar-refractivity contribution in [1.82, 2.24) is 4.90 Å². The van der Waals surface area contributed by atoms with E-state index in [1.54, 1.807) is 23.3 Å². The summed E-state index contributed by atoms with van der Waals surface area (Å²) < 4.78 is 14.5. The van der Waals surface area contributed by atoms with Gasteiger partial charge in [0.05, 0.1) is 15.9 Å². The maximum absolute atomic E-state index is 13.0. The zero-order valence-corrected chi connectivity index (χ0v) is 14.0. The second kappa shape index (κ2) is 6.15. The fourth-order valence-corrected chi connectivity index (χ4v) is 3.67. The number of benzene rings is 1. The van der Waals surface area contributed by atoms with Crippen LogP contribution in [0.4, 0.5) is 4.39 Å². The Labute approximate surface area is 131 Å². The number of rotatable bonds is 3. The highest BCUT2D eigenvalue weighted by molar-refractivity contribution is 9.11. The lowest BCUT2D eigenvalue weighted by atomic mass is 10.2. The third kappa shape index (κ3) is 3.64. The van der Waals surface area contributed by atoms with Crippen LogP contribution in [0.15, 0.2) is 38.6 Å². The van der Waals surface area contributed by atoms with Crippen molar-refractivity contribution in [1.29, 1.82) is 0 Å². The van der Waals surface area contributed by atoms with Crippen LogP contribution >= 0.6 is 43.2 Å². The number of hydrogen-bond acceptors (Lipinski definition) is 2. The molecule has 2 rings (SSSR count). The SMILES string of the molecule is CN(Cc1ccc(Br)s1)C(=O)c1ccc(F)cc1Br.